The Morgan fingerprint density at radius 2 is 1.52 bits per heavy atom. The predicted octanol–water partition coefficient (Wildman–Crippen LogP) is 5.53. The Morgan fingerprint density at radius 3 is 2.00 bits per heavy atom. The van der Waals surface area contributed by atoms with Gasteiger partial charge in [0.05, 0.1) is 41.8 Å². The highest BCUT2D eigenvalue weighted by Gasteiger charge is 2.72. The van der Waals surface area contributed by atoms with Crippen LogP contribution in [0.4, 0.5) is 0 Å². The van der Waals surface area contributed by atoms with E-state index >= 15 is 0 Å². The van der Waals surface area contributed by atoms with Crippen molar-refractivity contribution in [3.8, 4) is 24.3 Å². The third kappa shape index (κ3) is 4.06. The fourth-order valence-electron chi connectivity index (χ4n) is 6.24. The number of fused-ring (bicyclic) bond motifs is 1. The molecule has 9 heteroatoms. The second-order valence-electron chi connectivity index (χ2n) is 11.4. The van der Waals surface area contributed by atoms with Gasteiger partial charge in [-0.15, -0.1) is 0 Å². The first-order valence-electron chi connectivity index (χ1n) is 13.0. The Balaban J connectivity index is 2.21. The van der Waals surface area contributed by atoms with E-state index in [4.69, 9.17) is 4.74 Å². The number of aryl methyl sites for hydroxylation is 1. The molecule has 0 bridgehead atoms. The smallest absolute Gasteiger partial charge is 0.244 e. The first-order valence-corrected chi connectivity index (χ1v) is 14.5. The van der Waals surface area contributed by atoms with Gasteiger partial charge in [-0.1, -0.05) is 68.8 Å². The zero-order chi connectivity index (χ0) is 29.5. The fraction of sp³-hybridized carbons (Fsp3) is 0.419. The minimum absolute atomic E-state index is 0.0665. The minimum atomic E-state index is -4.24. The predicted molar refractivity (Wildman–Crippen MR) is 147 cm³/mol. The number of allylic oxidation sites excluding steroid dienone is 1. The molecule has 3 atom stereocenters. The van der Waals surface area contributed by atoms with E-state index in [0.717, 1.165) is 5.56 Å². The van der Waals surface area contributed by atoms with E-state index in [-0.39, 0.29) is 23.7 Å². The van der Waals surface area contributed by atoms with Crippen molar-refractivity contribution in [3.05, 3.63) is 77.1 Å². The quantitative estimate of drug-likeness (QED) is 0.473. The summed E-state index contributed by atoms with van der Waals surface area (Å²) in [6.45, 7) is 9.34. The molecular weight excluding hydrogens is 522 g/mol. The van der Waals surface area contributed by atoms with E-state index in [9.17, 15) is 29.5 Å². The van der Waals surface area contributed by atoms with Crippen LogP contribution >= 0.6 is 0 Å². The normalized spacial score (nSPS) is 23.7. The second kappa shape index (κ2) is 10.1. The van der Waals surface area contributed by atoms with Crippen molar-refractivity contribution >= 4 is 10.0 Å². The standard InChI is InChI=1S/C31H31N5O3S/c1-6-39-24-16-30(17-32,18-33)31(19-34,20-35)26-25(24)27(22-10-8-7-9-11-22)36(28(26)29(3,4)5)40(37,38)23-14-12-21(2)13-15-23/h7-15,26-28H,6,16H2,1-5H3/t26-,27-,28?/m0/s1. The Labute approximate surface area is 236 Å². The van der Waals surface area contributed by atoms with Gasteiger partial charge in [0.15, 0.2) is 10.8 Å². The molecule has 0 N–H and O–H groups in total. The van der Waals surface area contributed by atoms with Crippen LogP contribution in [0.25, 0.3) is 0 Å². The highest BCUT2D eigenvalue weighted by molar-refractivity contribution is 7.89. The van der Waals surface area contributed by atoms with Crippen LogP contribution in [-0.2, 0) is 14.8 Å². The SMILES string of the molecule is CCOC1=C2[C@H](c3ccccc3)N(S(=O)(=O)c3ccc(C)cc3)C(C(C)(C)C)[C@H]2C(C#N)(C#N)C(C#N)(C#N)C1. The summed E-state index contributed by atoms with van der Waals surface area (Å²) in [5.74, 6) is -0.844. The lowest BCUT2D eigenvalue weighted by atomic mass is 9.50. The van der Waals surface area contributed by atoms with Crippen LogP contribution < -0.4 is 0 Å². The number of rotatable bonds is 5. The van der Waals surface area contributed by atoms with Crippen LogP contribution in [0.1, 0.15) is 51.3 Å². The number of hydrogen-bond acceptors (Lipinski definition) is 7. The van der Waals surface area contributed by atoms with E-state index in [2.05, 4.69) is 12.1 Å². The second-order valence-corrected chi connectivity index (χ2v) is 13.2. The van der Waals surface area contributed by atoms with Crippen LogP contribution in [0.2, 0.25) is 0 Å². The first kappa shape index (κ1) is 28.8. The van der Waals surface area contributed by atoms with E-state index in [1.165, 1.54) is 4.31 Å². The lowest BCUT2D eigenvalue weighted by molar-refractivity contribution is 0.0742. The maximum absolute atomic E-state index is 14.6. The number of nitriles is 4. The monoisotopic (exact) mass is 553 g/mol. The molecule has 204 valence electrons. The summed E-state index contributed by atoms with van der Waals surface area (Å²) >= 11 is 0. The van der Waals surface area contributed by atoms with Gasteiger partial charge < -0.3 is 4.74 Å². The van der Waals surface area contributed by atoms with Crippen LogP contribution in [0.3, 0.4) is 0 Å². The number of benzene rings is 2. The van der Waals surface area contributed by atoms with Crippen molar-refractivity contribution in [1.82, 2.24) is 4.31 Å². The van der Waals surface area contributed by atoms with Crippen LogP contribution in [-0.4, -0.2) is 25.4 Å². The van der Waals surface area contributed by atoms with E-state index in [1.807, 2.05) is 45.9 Å². The fourth-order valence-corrected chi connectivity index (χ4v) is 8.21. The van der Waals surface area contributed by atoms with Crippen molar-refractivity contribution in [2.24, 2.45) is 22.2 Å². The van der Waals surface area contributed by atoms with Crippen molar-refractivity contribution in [2.45, 2.75) is 58.0 Å². The molecule has 1 saturated heterocycles. The Hall–Kier alpha value is -4.15. The molecule has 4 rings (SSSR count). The summed E-state index contributed by atoms with van der Waals surface area (Å²) in [6.07, 6.45) is -0.306. The Bertz CT molecular complexity index is 1580. The Kier molecular flexibility index (Phi) is 7.29. The molecule has 2 aliphatic rings. The topological polar surface area (TPSA) is 142 Å². The molecule has 2 aromatic rings. The van der Waals surface area contributed by atoms with Crippen LogP contribution in [0.5, 0.6) is 0 Å². The van der Waals surface area contributed by atoms with Gasteiger partial charge in [0, 0.05) is 18.4 Å². The highest BCUT2D eigenvalue weighted by Crippen LogP contribution is 2.66. The molecule has 0 radical (unpaired) electrons. The highest BCUT2D eigenvalue weighted by atomic mass is 32.2. The summed E-state index contributed by atoms with van der Waals surface area (Å²) in [5.41, 5.74) is -3.11. The summed E-state index contributed by atoms with van der Waals surface area (Å²) < 4.78 is 36.8. The maximum atomic E-state index is 14.6. The van der Waals surface area contributed by atoms with Crippen LogP contribution in [0.15, 0.2) is 70.8 Å². The summed E-state index contributed by atoms with van der Waals surface area (Å²) in [6, 6.07) is 21.8. The van der Waals surface area contributed by atoms with Crippen molar-refractivity contribution in [1.29, 1.82) is 21.0 Å². The van der Waals surface area contributed by atoms with Crippen LogP contribution in [0, 0.1) is 74.4 Å². The van der Waals surface area contributed by atoms with Gasteiger partial charge in [0.2, 0.25) is 10.0 Å². The number of hydrogen-bond donors (Lipinski definition) is 0. The van der Waals surface area contributed by atoms with Gasteiger partial charge in [-0.25, -0.2) is 8.42 Å². The molecule has 0 saturated carbocycles. The lowest BCUT2D eigenvalue weighted by Crippen LogP contribution is -2.55. The molecule has 8 nitrogen and oxygen atoms in total. The van der Waals surface area contributed by atoms with Gasteiger partial charge in [0.1, 0.15) is 5.76 Å². The van der Waals surface area contributed by atoms with Gasteiger partial charge in [-0.3, -0.25) is 0 Å². The number of nitrogens with zero attached hydrogens (tertiary/aromatic N) is 5. The zero-order valence-electron chi connectivity index (χ0n) is 23.2. The summed E-state index contributed by atoms with van der Waals surface area (Å²) in [5, 5.41) is 42.1. The Morgan fingerprint density at radius 1 is 0.950 bits per heavy atom. The molecule has 1 fully saturated rings. The van der Waals surface area contributed by atoms with Crippen molar-refractivity contribution in [2.75, 3.05) is 6.61 Å². The molecule has 1 unspecified atom stereocenters. The molecule has 1 aliphatic carbocycles. The number of sulfonamides is 1. The molecule has 0 aromatic heterocycles. The summed E-state index contributed by atoms with van der Waals surface area (Å²) in [7, 11) is -4.24. The van der Waals surface area contributed by atoms with Gasteiger partial charge in [-0.2, -0.15) is 25.4 Å². The molecule has 0 amide bonds. The molecule has 2 aromatic carbocycles. The zero-order valence-corrected chi connectivity index (χ0v) is 24.0. The molecular formula is C31H31N5O3S. The van der Waals surface area contributed by atoms with Gasteiger partial charge in [0.25, 0.3) is 0 Å². The third-order valence-corrected chi connectivity index (χ3v) is 9.87. The van der Waals surface area contributed by atoms with Crippen molar-refractivity contribution < 1.29 is 13.2 Å². The van der Waals surface area contributed by atoms with E-state index in [1.54, 1.807) is 55.5 Å². The third-order valence-electron chi connectivity index (χ3n) is 8.01. The summed E-state index contributed by atoms with van der Waals surface area (Å²) in [4.78, 5) is 0.0665. The van der Waals surface area contributed by atoms with E-state index in [0.29, 0.717) is 11.1 Å². The van der Waals surface area contributed by atoms with Crippen molar-refractivity contribution in [3.63, 3.8) is 0 Å². The average molecular weight is 554 g/mol. The van der Waals surface area contributed by atoms with E-state index < -0.39 is 44.3 Å². The van der Waals surface area contributed by atoms with Gasteiger partial charge >= 0.3 is 0 Å². The molecule has 0 spiro atoms. The molecule has 40 heavy (non-hydrogen) atoms. The number of ether oxygens (including phenoxy) is 1. The lowest BCUT2D eigenvalue weighted by Gasteiger charge is -2.46. The minimum Gasteiger partial charge on any atom is -0.498 e. The maximum Gasteiger partial charge on any atom is 0.244 e. The molecule has 1 heterocycles. The average Bonchev–Trinajstić information content (AvgIpc) is 3.32. The largest absolute Gasteiger partial charge is 0.498 e. The van der Waals surface area contributed by atoms with Gasteiger partial charge in [-0.05, 0) is 42.5 Å². The molecule has 1 aliphatic heterocycles. The first-order chi connectivity index (χ1) is 18.9.